The van der Waals surface area contributed by atoms with Crippen LogP contribution in [0.15, 0.2) is 35.1 Å². The molecule has 1 aliphatic heterocycles. The average molecular weight is 415 g/mol. The SMILES string of the molecule is CCC(=O)NC1CCCN(Cc2nc3cc(-c4ccc(F)cc4)sc3c(=O)[nH]2)C1. The van der Waals surface area contributed by atoms with Gasteiger partial charge in [0.25, 0.3) is 5.56 Å². The van der Waals surface area contributed by atoms with Crippen molar-refractivity contribution in [1.29, 1.82) is 0 Å². The first-order valence-corrected chi connectivity index (χ1v) is 10.6. The summed E-state index contributed by atoms with van der Waals surface area (Å²) in [6.45, 7) is 4.04. The minimum Gasteiger partial charge on any atom is -0.352 e. The number of fused-ring (bicyclic) bond motifs is 1. The fourth-order valence-corrected chi connectivity index (χ4v) is 4.68. The number of nitrogens with zero attached hydrogens (tertiary/aromatic N) is 2. The number of piperidine rings is 1. The molecule has 3 aromatic rings. The van der Waals surface area contributed by atoms with Crippen molar-refractivity contribution in [2.24, 2.45) is 0 Å². The molecule has 3 heterocycles. The minimum atomic E-state index is -0.289. The summed E-state index contributed by atoms with van der Waals surface area (Å²) in [6.07, 6.45) is 2.45. The molecule has 1 atom stereocenters. The van der Waals surface area contributed by atoms with Crippen LogP contribution in [0.4, 0.5) is 4.39 Å². The van der Waals surface area contributed by atoms with Gasteiger partial charge in [-0.05, 0) is 43.1 Å². The summed E-state index contributed by atoms with van der Waals surface area (Å²) in [4.78, 5) is 34.9. The van der Waals surface area contributed by atoms with E-state index in [4.69, 9.17) is 0 Å². The predicted molar refractivity (Wildman–Crippen MR) is 112 cm³/mol. The molecular formula is C21H23FN4O2S. The monoisotopic (exact) mass is 414 g/mol. The highest BCUT2D eigenvalue weighted by Crippen LogP contribution is 2.31. The highest BCUT2D eigenvalue weighted by atomic mass is 32.1. The Balaban J connectivity index is 1.53. The molecule has 1 aromatic carbocycles. The van der Waals surface area contributed by atoms with Gasteiger partial charge in [-0.3, -0.25) is 14.5 Å². The molecule has 2 aromatic heterocycles. The molecule has 6 nitrogen and oxygen atoms in total. The van der Waals surface area contributed by atoms with E-state index in [0.29, 0.717) is 29.0 Å². The lowest BCUT2D eigenvalue weighted by Gasteiger charge is -2.32. The van der Waals surface area contributed by atoms with Gasteiger partial charge in [-0.2, -0.15) is 0 Å². The van der Waals surface area contributed by atoms with Crippen molar-refractivity contribution >= 4 is 27.5 Å². The third kappa shape index (κ3) is 4.54. The number of carbonyl (C=O) groups is 1. The van der Waals surface area contributed by atoms with Gasteiger partial charge in [0.05, 0.1) is 12.1 Å². The number of halogens is 1. The normalized spacial score (nSPS) is 17.5. The smallest absolute Gasteiger partial charge is 0.268 e. The van der Waals surface area contributed by atoms with E-state index in [1.54, 1.807) is 12.1 Å². The third-order valence-electron chi connectivity index (χ3n) is 5.13. The molecule has 1 amide bonds. The molecule has 1 fully saturated rings. The van der Waals surface area contributed by atoms with E-state index in [1.165, 1.54) is 23.5 Å². The van der Waals surface area contributed by atoms with Gasteiger partial charge in [0.1, 0.15) is 16.3 Å². The topological polar surface area (TPSA) is 78.1 Å². The highest BCUT2D eigenvalue weighted by molar-refractivity contribution is 7.22. The molecule has 29 heavy (non-hydrogen) atoms. The Morgan fingerprint density at radius 1 is 1.38 bits per heavy atom. The van der Waals surface area contributed by atoms with Crippen LogP contribution >= 0.6 is 11.3 Å². The zero-order valence-electron chi connectivity index (χ0n) is 16.2. The van der Waals surface area contributed by atoms with Crippen LogP contribution in [-0.2, 0) is 11.3 Å². The summed E-state index contributed by atoms with van der Waals surface area (Å²) < 4.78 is 13.7. The Morgan fingerprint density at radius 3 is 2.93 bits per heavy atom. The van der Waals surface area contributed by atoms with Crippen molar-refractivity contribution in [3.05, 3.63) is 52.3 Å². The number of benzene rings is 1. The molecule has 152 valence electrons. The van der Waals surface area contributed by atoms with Crippen molar-refractivity contribution in [1.82, 2.24) is 20.2 Å². The number of H-pyrrole nitrogens is 1. The largest absolute Gasteiger partial charge is 0.352 e. The van der Waals surface area contributed by atoms with E-state index in [0.717, 1.165) is 36.4 Å². The van der Waals surface area contributed by atoms with Gasteiger partial charge in [0.15, 0.2) is 0 Å². The van der Waals surface area contributed by atoms with Crippen molar-refractivity contribution in [3.8, 4) is 10.4 Å². The van der Waals surface area contributed by atoms with Gasteiger partial charge in [-0.1, -0.05) is 19.1 Å². The molecular weight excluding hydrogens is 391 g/mol. The number of amides is 1. The van der Waals surface area contributed by atoms with Crippen LogP contribution in [0.25, 0.3) is 20.7 Å². The number of likely N-dealkylation sites (tertiary alicyclic amines) is 1. The van der Waals surface area contributed by atoms with Gasteiger partial charge in [0.2, 0.25) is 5.91 Å². The first-order chi connectivity index (χ1) is 14.0. The van der Waals surface area contributed by atoms with E-state index < -0.39 is 0 Å². The number of hydrogen-bond donors (Lipinski definition) is 2. The molecule has 0 spiro atoms. The van der Waals surface area contributed by atoms with Gasteiger partial charge in [-0.25, -0.2) is 9.37 Å². The number of nitrogens with one attached hydrogen (secondary N) is 2. The second kappa shape index (κ2) is 8.42. The zero-order chi connectivity index (χ0) is 20.4. The lowest BCUT2D eigenvalue weighted by molar-refractivity contribution is -0.121. The number of aromatic nitrogens is 2. The summed E-state index contributed by atoms with van der Waals surface area (Å²) in [5.41, 5.74) is 1.36. The van der Waals surface area contributed by atoms with Gasteiger partial charge in [0, 0.05) is 23.9 Å². The Morgan fingerprint density at radius 2 is 2.17 bits per heavy atom. The van der Waals surface area contributed by atoms with Crippen molar-refractivity contribution in [2.45, 2.75) is 38.8 Å². The quantitative estimate of drug-likeness (QED) is 0.672. The molecule has 0 saturated carbocycles. The van der Waals surface area contributed by atoms with Crippen LogP contribution in [0.2, 0.25) is 0 Å². The predicted octanol–water partition coefficient (Wildman–Crippen LogP) is 3.28. The summed E-state index contributed by atoms with van der Waals surface area (Å²) in [6, 6.07) is 8.24. The van der Waals surface area contributed by atoms with E-state index >= 15 is 0 Å². The summed E-state index contributed by atoms with van der Waals surface area (Å²) in [5, 5.41) is 3.05. The standard InChI is InChI=1S/C21H23FN4O2S/c1-2-19(27)23-15-4-3-9-26(11-15)12-18-24-16-10-17(29-20(16)21(28)25-18)13-5-7-14(22)8-6-13/h5-8,10,15H,2-4,9,11-12H2,1H3,(H,23,27)(H,24,25,28). The van der Waals surface area contributed by atoms with Crippen LogP contribution in [0, 0.1) is 5.82 Å². The summed E-state index contributed by atoms with van der Waals surface area (Å²) >= 11 is 1.36. The Bertz CT molecular complexity index is 1080. The minimum absolute atomic E-state index is 0.0661. The van der Waals surface area contributed by atoms with Crippen LogP contribution in [-0.4, -0.2) is 39.9 Å². The number of thiophene rings is 1. The fourth-order valence-electron chi connectivity index (χ4n) is 3.68. The Kier molecular flexibility index (Phi) is 5.73. The fraction of sp³-hybridized carbons (Fsp3) is 0.381. The van der Waals surface area contributed by atoms with Crippen LogP contribution < -0.4 is 10.9 Å². The molecule has 0 radical (unpaired) electrons. The summed E-state index contributed by atoms with van der Waals surface area (Å²) in [7, 11) is 0. The first kappa shape index (κ1) is 19.7. The highest BCUT2D eigenvalue weighted by Gasteiger charge is 2.22. The van der Waals surface area contributed by atoms with E-state index in [2.05, 4.69) is 20.2 Å². The lowest BCUT2D eigenvalue weighted by Crippen LogP contribution is -2.47. The Hall–Kier alpha value is -2.58. The third-order valence-corrected chi connectivity index (χ3v) is 6.30. The molecule has 1 saturated heterocycles. The number of carbonyl (C=O) groups excluding carboxylic acids is 1. The van der Waals surface area contributed by atoms with Gasteiger partial charge >= 0.3 is 0 Å². The van der Waals surface area contributed by atoms with Crippen molar-refractivity contribution < 1.29 is 9.18 Å². The van der Waals surface area contributed by atoms with Crippen LogP contribution in [0.3, 0.4) is 0 Å². The first-order valence-electron chi connectivity index (χ1n) is 9.82. The molecule has 8 heteroatoms. The maximum Gasteiger partial charge on any atom is 0.268 e. The van der Waals surface area contributed by atoms with Crippen molar-refractivity contribution in [3.63, 3.8) is 0 Å². The molecule has 2 N–H and O–H groups in total. The van der Waals surface area contributed by atoms with E-state index in [1.807, 2.05) is 13.0 Å². The summed E-state index contributed by atoms with van der Waals surface area (Å²) in [5.74, 6) is 0.396. The molecule has 0 aliphatic carbocycles. The average Bonchev–Trinajstić information content (AvgIpc) is 3.13. The van der Waals surface area contributed by atoms with Gasteiger partial charge < -0.3 is 10.3 Å². The maximum atomic E-state index is 13.2. The van der Waals surface area contributed by atoms with E-state index in [-0.39, 0.29) is 23.3 Å². The number of rotatable bonds is 5. The number of aromatic amines is 1. The Labute approximate surface area is 171 Å². The molecule has 1 unspecified atom stereocenters. The molecule has 1 aliphatic rings. The zero-order valence-corrected chi connectivity index (χ0v) is 17.0. The van der Waals surface area contributed by atoms with Crippen LogP contribution in [0.5, 0.6) is 0 Å². The van der Waals surface area contributed by atoms with Crippen LogP contribution in [0.1, 0.15) is 32.0 Å². The lowest BCUT2D eigenvalue weighted by atomic mass is 10.1. The number of hydrogen-bond acceptors (Lipinski definition) is 5. The molecule has 0 bridgehead atoms. The van der Waals surface area contributed by atoms with Crippen molar-refractivity contribution in [2.75, 3.05) is 13.1 Å². The van der Waals surface area contributed by atoms with E-state index in [9.17, 15) is 14.0 Å². The maximum absolute atomic E-state index is 13.2. The second-order valence-corrected chi connectivity index (χ2v) is 8.39. The molecule has 4 rings (SSSR count). The van der Waals surface area contributed by atoms with Gasteiger partial charge in [-0.15, -0.1) is 11.3 Å². The second-order valence-electron chi connectivity index (χ2n) is 7.34.